The fraction of sp³-hybridized carbons (Fsp3) is 0.538. The fourth-order valence-electron chi connectivity index (χ4n) is 2.37. The van der Waals surface area contributed by atoms with Crippen molar-refractivity contribution in [2.45, 2.75) is 38.4 Å². The van der Waals surface area contributed by atoms with E-state index >= 15 is 0 Å². The van der Waals surface area contributed by atoms with Crippen LogP contribution in [0.15, 0.2) is 22.8 Å². The molecule has 2 rings (SSSR count). The molecule has 6 heteroatoms. The third-order valence-corrected chi connectivity index (χ3v) is 3.42. The van der Waals surface area contributed by atoms with Gasteiger partial charge in [-0.1, -0.05) is 0 Å². The molecule has 1 aromatic heterocycles. The SMILES string of the molecule is CC1CCNC(=O)C(CC(=O)O)N1Cc1ccco1. The largest absolute Gasteiger partial charge is 0.481 e. The Balaban J connectivity index is 2.20. The molecule has 0 aromatic carbocycles. The summed E-state index contributed by atoms with van der Waals surface area (Å²) in [6, 6.07) is 3.07. The highest BCUT2D eigenvalue weighted by molar-refractivity contribution is 5.86. The lowest BCUT2D eigenvalue weighted by Crippen LogP contribution is -2.47. The van der Waals surface area contributed by atoms with Crippen molar-refractivity contribution in [3.05, 3.63) is 24.2 Å². The molecule has 2 unspecified atom stereocenters. The van der Waals surface area contributed by atoms with Crippen LogP contribution in [0.1, 0.15) is 25.5 Å². The van der Waals surface area contributed by atoms with Gasteiger partial charge in [-0.25, -0.2) is 0 Å². The summed E-state index contributed by atoms with van der Waals surface area (Å²) in [4.78, 5) is 24.8. The Morgan fingerprint density at radius 2 is 2.42 bits per heavy atom. The number of nitrogens with zero attached hydrogens (tertiary/aromatic N) is 1. The Morgan fingerprint density at radius 1 is 1.63 bits per heavy atom. The number of carbonyl (C=O) groups is 2. The Bertz CT molecular complexity index is 444. The molecule has 104 valence electrons. The normalized spacial score (nSPS) is 24.8. The highest BCUT2D eigenvalue weighted by Crippen LogP contribution is 2.19. The highest BCUT2D eigenvalue weighted by Gasteiger charge is 2.34. The first kappa shape index (κ1) is 13.6. The number of carboxylic acids is 1. The van der Waals surface area contributed by atoms with Gasteiger partial charge in [-0.2, -0.15) is 0 Å². The zero-order valence-corrected chi connectivity index (χ0v) is 10.8. The van der Waals surface area contributed by atoms with Gasteiger partial charge in [-0.05, 0) is 25.5 Å². The number of amides is 1. The molecule has 1 aliphatic rings. The Hall–Kier alpha value is -1.82. The van der Waals surface area contributed by atoms with Gasteiger partial charge in [0.25, 0.3) is 0 Å². The number of furan rings is 1. The van der Waals surface area contributed by atoms with Crippen LogP contribution in [0.3, 0.4) is 0 Å². The standard InChI is InChI=1S/C13H18N2O4/c1-9-4-5-14-13(18)11(7-12(16)17)15(9)8-10-3-2-6-19-10/h2-3,6,9,11H,4-5,7-8H2,1H3,(H,14,18)(H,16,17). The zero-order valence-electron chi connectivity index (χ0n) is 10.8. The Morgan fingerprint density at radius 3 is 3.05 bits per heavy atom. The lowest BCUT2D eigenvalue weighted by molar-refractivity contribution is -0.142. The van der Waals surface area contributed by atoms with Crippen molar-refractivity contribution in [2.24, 2.45) is 0 Å². The molecule has 1 aromatic rings. The van der Waals surface area contributed by atoms with Gasteiger partial charge in [0.1, 0.15) is 11.8 Å². The average Bonchev–Trinajstić information content (AvgIpc) is 2.81. The topological polar surface area (TPSA) is 82.8 Å². The second-order valence-electron chi connectivity index (χ2n) is 4.79. The minimum atomic E-state index is -0.973. The van der Waals surface area contributed by atoms with Gasteiger partial charge < -0.3 is 14.8 Å². The summed E-state index contributed by atoms with van der Waals surface area (Å²) in [6.07, 6.45) is 2.17. The maximum Gasteiger partial charge on any atom is 0.305 e. The monoisotopic (exact) mass is 266 g/mol. The van der Waals surface area contributed by atoms with Crippen LogP contribution in [0.2, 0.25) is 0 Å². The molecular weight excluding hydrogens is 248 g/mol. The van der Waals surface area contributed by atoms with E-state index in [0.29, 0.717) is 13.1 Å². The van der Waals surface area contributed by atoms with Crippen molar-refractivity contribution in [1.29, 1.82) is 0 Å². The summed E-state index contributed by atoms with van der Waals surface area (Å²) in [5.74, 6) is -0.464. The van der Waals surface area contributed by atoms with Crippen LogP contribution in [-0.4, -0.2) is 40.5 Å². The molecular formula is C13H18N2O4. The first-order valence-corrected chi connectivity index (χ1v) is 6.35. The van der Waals surface area contributed by atoms with Crippen molar-refractivity contribution in [1.82, 2.24) is 10.2 Å². The third-order valence-electron chi connectivity index (χ3n) is 3.42. The van der Waals surface area contributed by atoms with Gasteiger partial charge >= 0.3 is 5.97 Å². The molecule has 2 heterocycles. The van der Waals surface area contributed by atoms with Crippen molar-refractivity contribution in [3.8, 4) is 0 Å². The van der Waals surface area contributed by atoms with Gasteiger partial charge in [0.2, 0.25) is 5.91 Å². The first-order chi connectivity index (χ1) is 9.08. The summed E-state index contributed by atoms with van der Waals surface area (Å²) in [5, 5.41) is 11.7. The average molecular weight is 266 g/mol. The van der Waals surface area contributed by atoms with Crippen LogP contribution in [0.25, 0.3) is 0 Å². The van der Waals surface area contributed by atoms with Gasteiger partial charge in [0.05, 0.1) is 19.2 Å². The van der Waals surface area contributed by atoms with E-state index in [9.17, 15) is 9.59 Å². The number of nitrogens with one attached hydrogen (secondary N) is 1. The van der Waals surface area contributed by atoms with Gasteiger partial charge in [-0.15, -0.1) is 0 Å². The lowest BCUT2D eigenvalue weighted by atomic mass is 10.1. The molecule has 1 amide bonds. The molecule has 0 radical (unpaired) electrons. The number of hydrogen-bond acceptors (Lipinski definition) is 4. The fourth-order valence-corrected chi connectivity index (χ4v) is 2.37. The molecule has 2 atom stereocenters. The minimum absolute atomic E-state index is 0.119. The molecule has 0 saturated carbocycles. The zero-order chi connectivity index (χ0) is 13.8. The summed E-state index contributed by atoms with van der Waals surface area (Å²) >= 11 is 0. The second-order valence-corrected chi connectivity index (χ2v) is 4.79. The Labute approximate surface area is 111 Å². The summed E-state index contributed by atoms with van der Waals surface area (Å²) in [7, 11) is 0. The van der Waals surface area contributed by atoms with Crippen molar-refractivity contribution in [2.75, 3.05) is 6.54 Å². The summed E-state index contributed by atoms with van der Waals surface area (Å²) < 4.78 is 5.29. The van der Waals surface area contributed by atoms with E-state index in [-0.39, 0.29) is 18.4 Å². The summed E-state index contributed by atoms with van der Waals surface area (Å²) in [5.41, 5.74) is 0. The molecule has 1 fully saturated rings. The van der Waals surface area contributed by atoms with E-state index in [1.807, 2.05) is 17.9 Å². The first-order valence-electron chi connectivity index (χ1n) is 6.35. The summed E-state index contributed by atoms with van der Waals surface area (Å²) in [6.45, 7) is 3.02. The van der Waals surface area contributed by atoms with Crippen molar-refractivity contribution < 1.29 is 19.1 Å². The van der Waals surface area contributed by atoms with Crippen LogP contribution < -0.4 is 5.32 Å². The molecule has 0 aliphatic carbocycles. The third kappa shape index (κ3) is 3.35. The van der Waals surface area contributed by atoms with Gasteiger partial charge in [0, 0.05) is 12.6 Å². The predicted octanol–water partition coefficient (Wildman–Crippen LogP) is 0.833. The predicted molar refractivity (Wildman–Crippen MR) is 67.4 cm³/mol. The van der Waals surface area contributed by atoms with E-state index in [4.69, 9.17) is 9.52 Å². The van der Waals surface area contributed by atoms with Gasteiger partial charge in [-0.3, -0.25) is 14.5 Å². The van der Waals surface area contributed by atoms with E-state index in [1.165, 1.54) is 0 Å². The minimum Gasteiger partial charge on any atom is -0.481 e. The van der Waals surface area contributed by atoms with Gasteiger partial charge in [0.15, 0.2) is 0 Å². The van der Waals surface area contributed by atoms with Crippen molar-refractivity contribution >= 4 is 11.9 Å². The maximum atomic E-state index is 12.0. The molecule has 2 N–H and O–H groups in total. The van der Waals surface area contributed by atoms with E-state index in [1.54, 1.807) is 12.3 Å². The van der Waals surface area contributed by atoms with Crippen LogP contribution in [0.5, 0.6) is 0 Å². The number of carbonyl (C=O) groups excluding carboxylic acids is 1. The van der Waals surface area contributed by atoms with Crippen molar-refractivity contribution in [3.63, 3.8) is 0 Å². The van der Waals surface area contributed by atoms with E-state index in [2.05, 4.69) is 5.32 Å². The van der Waals surface area contributed by atoms with E-state index in [0.717, 1.165) is 12.2 Å². The van der Waals surface area contributed by atoms with E-state index < -0.39 is 12.0 Å². The molecule has 0 bridgehead atoms. The van der Waals surface area contributed by atoms with Crippen LogP contribution in [-0.2, 0) is 16.1 Å². The molecule has 1 aliphatic heterocycles. The molecule has 0 spiro atoms. The highest BCUT2D eigenvalue weighted by atomic mass is 16.4. The molecule has 6 nitrogen and oxygen atoms in total. The quantitative estimate of drug-likeness (QED) is 0.843. The number of carboxylic acid groups (broad SMARTS) is 1. The number of aliphatic carboxylic acids is 1. The van der Waals surface area contributed by atoms with Crippen LogP contribution >= 0.6 is 0 Å². The number of rotatable bonds is 4. The Kier molecular flexibility index (Phi) is 4.21. The lowest BCUT2D eigenvalue weighted by Gasteiger charge is -2.31. The second kappa shape index (κ2) is 5.88. The van der Waals surface area contributed by atoms with Crippen LogP contribution in [0, 0.1) is 0 Å². The number of hydrogen-bond donors (Lipinski definition) is 2. The maximum absolute atomic E-state index is 12.0. The molecule has 1 saturated heterocycles. The molecule has 19 heavy (non-hydrogen) atoms. The smallest absolute Gasteiger partial charge is 0.305 e. The van der Waals surface area contributed by atoms with Crippen LogP contribution in [0.4, 0.5) is 0 Å².